The van der Waals surface area contributed by atoms with Gasteiger partial charge >= 0.3 is 0 Å². The van der Waals surface area contributed by atoms with Crippen LogP contribution in [0.25, 0.3) is 10.2 Å². The van der Waals surface area contributed by atoms with Gasteiger partial charge in [0, 0.05) is 25.1 Å². The second-order valence-corrected chi connectivity index (χ2v) is 7.38. The number of fused-ring (bicyclic) bond motifs is 1. The summed E-state index contributed by atoms with van der Waals surface area (Å²) in [5.74, 6) is -0.190. The van der Waals surface area contributed by atoms with E-state index in [2.05, 4.69) is 10.3 Å². The van der Waals surface area contributed by atoms with Crippen molar-refractivity contribution in [1.82, 2.24) is 15.2 Å². The van der Waals surface area contributed by atoms with E-state index in [9.17, 15) is 9.59 Å². The normalized spacial score (nSPS) is 11.9. The van der Waals surface area contributed by atoms with E-state index in [1.165, 1.54) is 0 Å². The Labute approximate surface area is 156 Å². The summed E-state index contributed by atoms with van der Waals surface area (Å²) in [5, 5.41) is 3.77. The van der Waals surface area contributed by atoms with Crippen LogP contribution in [0.15, 0.2) is 54.6 Å². The van der Waals surface area contributed by atoms with Gasteiger partial charge in [0.2, 0.25) is 5.91 Å². The molecule has 6 heteroatoms. The Hall–Kier alpha value is -2.73. The van der Waals surface area contributed by atoms with Gasteiger partial charge in [0.25, 0.3) is 5.91 Å². The minimum absolute atomic E-state index is 0.0230. The minimum atomic E-state index is -0.243. The predicted octanol–water partition coefficient (Wildman–Crippen LogP) is 3.46. The Bertz CT molecular complexity index is 875. The summed E-state index contributed by atoms with van der Waals surface area (Å²) in [5.41, 5.74) is 1.55. The Kier molecular flexibility index (Phi) is 5.63. The van der Waals surface area contributed by atoms with Crippen LogP contribution in [0, 0.1) is 0 Å². The van der Waals surface area contributed by atoms with Gasteiger partial charge in [-0.3, -0.25) is 9.59 Å². The van der Waals surface area contributed by atoms with Crippen molar-refractivity contribution in [1.29, 1.82) is 0 Å². The average Bonchev–Trinajstić information content (AvgIpc) is 3.04. The lowest BCUT2D eigenvalue weighted by atomic mass is 10.1. The summed E-state index contributed by atoms with van der Waals surface area (Å²) in [6, 6.07) is 16.7. The van der Waals surface area contributed by atoms with Crippen molar-refractivity contribution in [3.05, 3.63) is 65.2 Å². The first-order valence-corrected chi connectivity index (χ1v) is 9.29. The van der Waals surface area contributed by atoms with Crippen molar-refractivity contribution < 1.29 is 9.59 Å². The van der Waals surface area contributed by atoms with E-state index in [4.69, 9.17) is 0 Å². The molecule has 0 radical (unpaired) electrons. The SMILES string of the molecule is CC(CC(=O)N(C)Cc1nc2ccccc2s1)NC(=O)c1ccccc1. The van der Waals surface area contributed by atoms with Crippen LogP contribution >= 0.6 is 11.3 Å². The molecule has 5 nitrogen and oxygen atoms in total. The Morgan fingerprint density at radius 2 is 1.81 bits per heavy atom. The van der Waals surface area contributed by atoms with E-state index in [1.807, 2.05) is 49.4 Å². The van der Waals surface area contributed by atoms with E-state index in [0.29, 0.717) is 12.1 Å². The van der Waals surface area contributed by atoms with Gasteiger partial charge in [0.15, 0.2) is 0 Å². The van der Waals surface area contributed by atoms with Crippen LogP contribution in [-0.2, 0) is 11.3 Å². The molecule has 0 spiro atoms. The largest absolute Gasteiger partial charge is 0.349 e. The summed E-state index contributed by atoms with van der Waals surface area (Å²) >= 11 is 1.60. The third kappa shape index (κ3) is 4.46. The van der Waals surface area contributed by atoms with Crippen molar-refractivity contribution in [3.8, 4) is 0 Å². The molecule has 1 heterocycles. The molecule has 26 heavy (non-hydrogen) atoms. The Morgan fingerprint density at radius 1 is 1.12 bits per heavy atom. The number of nitrogens with zero attached hydrogens (tertiary/aromatic N) is 2. The van der Waals surface area contributed by atoms with Gasteiger partial charge in [-0.05, 0) is 31.2 Å². The molecule has 0 bridgehead atoms. The maximum absolute atomic E-state index is 12.4. The number of nitrogens with one attached hydrogen (secondary N) is 1. The van der Waals surface area contributed by atoms with Crippen LogP contribution in [0.4, 0.5) is 0 Å². The molecule has 1 N–H and O–H groups in total. The predicted molar refractivity (Wildman–Crippen MR) is 104 cm³/mol. The van der Waals surface area contributed by atoms with Crippen molar-refractivity contribution in [2.45, 2.75) is 25.9 Å². The first-order valence-electron chi connectivity index (χ1n) is 8.47. The molecule has 1 atom stereocenters. The Morgan fingerprint density at radius 3 is 2.54 bits per heavy atom. The zero-order chi connectivity index (χ0) is 18.5. The molecule has 0 aliphatic rings. The molecule has 3 aromatic rings. The number of thiazole rings is 1. The zero-order valence-corrected chi connectivity index (χ0v) is 15.6. The Balaban J connectivity index is 1.54. The molecule has 2 amide bonds. The molecule has 2 aromatic carbocycles. The van der Waals surface area contributed by atoms with Gasteiger partial charge in [0.1, 0.15) is 5.01 Å². The molecule has 1 aromatic heterocycles. The third-order valence-corrected chi connectivity index (χ3v) is 5.05. The third-order valence-electron chi connectivity index (χ3n) is 4.03. The van der Waals surface area contributed by atoms with E-state index in [-0.39, 0.29) is 24.3 Å². The summed E-state index contributed by atoms with van der Waals surface area (Å²) in [6.45, 7) is 2.31. The first kappa shape index (κ1) is 18.1. The van der Waals surface area contributed by atoms with Crippen LogP contribution in [0.2, 0.25) is 0 Å². The highest BCUT2D eigenvalue weighted by Gasteiger charge is 2.17. The van der Waals surface area contributed by atoms with Crippen molar-refractivity contribution in [3.63, 3.8) is 0 Å². The molecule has 0 aliphatic heterocycles. The molecule has 0 aliphatic carbocycles. The second kappa shape index (κ2) is 8.10. The highest BCUT2D eigenvalue weighted by Crippen LogP contribution is 2.22. The number of hydrogen-bond donors (Lipinski definition) is 1. The fraction of sp³-hybridized carbons (Fsp3) is 0.250. The molecule has 134 valence electrons. The van der Waals surface area contributed by atoms with Gasteiger partial charge in [-0.25, -0.2) is 4.98 Å². The number of amides is 2. The van der Waals surface area contributed by atoms with Gasteiger partial charge < -0.3 is 10.2 Å². The van der Waals surface area contributed by atoms with Crippen LogP contribution in [-0.4, -0.2) is 34.8 Å². The molecule has 0 saturated heterocycles. The lowest BCUT2D eigenvalue weighted by Gasteiger charge is -2.19. The maximum Gasteiger partial charge on any atom is 0.251 e. The van der Waals surface area contributed by atoms with Crippen LogP contribution in [0.5, 0.6) is 0 Å². The second-order valence-electron chi connectivity index (χ2n) is 6.27. The molecular formula is C20H21N3O2S. The van der Waals surface area contributed by atoms with Crippen LogP contribution in [0.3, 0.4) is 0 Å². The summed E-state index contributed by atoms with van der Waals surface area (Å²) in [4.78, 5) is 30.8. The lowest BCUT2D eigenvalue weighted by Crippen LogP contribution is -2.37. The smallest absolute Gasteiger partial charge is 0.251 e. The quantitative estimate of drug-likeness (QED) is 0.726. The summed E-state index contributed by atoms with van der Waals surface area (Å²) in [6.07, 6.45) is 0.250. The topological polar surface area (TPSA) is 62.3 Å². The van der Waals surface area contributed by atoms with Crippen LogP contribution < -0.4 is 5.32 Å². The lowest BCUT2D eigenvalue weighted by molar-refractivity contribution is -0.130. The minimum Gasteiger partial charge on any atom is -0.349 e. The standard InChI is InChI=1S/C20H21N3O2S/c1-14(21-20(25)15-8-4-3-5-9-15)12-19(24)23(2)13-18-22-16-10-6-7-11-17(16)26-18/h3-11,14H,12-13H2,1-2H3,(H,21,25). The molecule has 0 saturated carbocycles. The molecule has 0 fully saturated rings. The van der Waals surface area contributed by atoms with E-state index in [0.717, 1.165) is 15.2 Å². The number of aromatic nitrogens is 1. The number of carbonyl (C=O) groups is 2. The highest BCUT2D eigenvalue weighted by atomic mass is 32.1. The van der Waals surface area contributed by atoms with Crippen molar-refractivity contribution in [2.75, 3.05) is 7.05 Å². The van der Waals surface area contributed by atoms with E-state index >= 15 is 0 Å². The average molecular weight is 367 g/mol. The number of carbonyl (C=O) groups excluding carboxylic acids is 2. The first-order chi connectivity index (χ1) is 12.5. The van der Waals surface area contributed by atoms with Gasteiger partial charge in [0.05, 0.1) is 16.8 Å². The van der Waals surface area contributed by atoms with Gasteiger partial charge in [-0.15, -0.1) is 11.3 Å². The fourth-order valence-electron chi connectivity index (χ4n) is 2.64. The highest BCUT2D eigenvalue weighted by molar-refractivity contribution is 7.18. The van der Waals surface area contributed by atoms with Gasteiger partial charge in [-0.2, -0.15) is 0 Å². The van der Waals surface area contributed by atoms with Crippen molar-refractivity contribution in [2.24, 2.45) is 0 Å². The monoisotopic (exact) mass is 367 g/mol. The zero-order valence-electron chi connectivity index (χ0n) is 14.8. The van der Waals surface area contributed by atoms with Crippen molar-refractivity contribution >= 4 is 33.4 Å². The fourth-order valence-corrected chi connectivity index (χ4v) is 3.66. The number of rotatable bonds is 6. The summed E-state index contributed by atoms with van der Waals surface area (Å²) < 4.78 is 1.12. The van der Waals surface area contributed by atoms with Crippen LogP contribution in [0.1, 0.15) is 28.7 Å². The van der Waals surface area contributed by atoms with Gasteiger partial charge in [-0.1, -0.05) is 30.3 Å². The van der Waals surface area contributed by atoms with E-state index in [1.54, 1.807) is 35.4 Å². The maximum atomic E-state index is 12.4. The number of benzene rings is 2. The molecular weight excluding hydrogens is 346 g/mol. The number of para-hydroxylation sites is 1. The molecule has 1 unspecified atom stereocenters. The molecule has 3 rings (SSSR count). The summed E-state index contributed by atoms with van der Waals surface area (Å²) in [7, 11) is 1.76. The number of hydrogen-bond acceptors (Lipinski definition) is 4. The van der Waals surface area contributed by atoms with E-state index < -0.39 is 0 Å².